The molecule has 0 aromatic carbocycles. The summed E-state index contributed by atoms with van der Waals surface area (Å²) in [6, 6.07) is 0. The molecule has 1 fully saturated rings. The van der Waals surface area contributed by atoms with Crippen molar-refractivity contribution in [2.24, 2.45) is 0 Å². The number of imidazole rings is 1. The molecule has 1 amide bonds. The van der Waals surface area contributed by atoms with E-state index in [2.05, 4.69) is 20.3 Å². The van der Waals surface area contributed by atoms with Gasteiger partial charge in [0, 0.05) is 30.8 Å². The Bertz CT molecular complexity index is 1050. The Morgan fingerprint density at radius 1 is 1.57 bits per heavy atom. The van der Waals surface area contributed by atoms with Crippen molar-refractivity contribution in [1.29, 1.82) is 1.28 Å². The zero-order chi connectivity index (χ0) is 22.4. The highest BCUT2D eigenvalue weighted by Gasteiger charge is 2.37. The third kappa shape index (κ3) is 5.47. The van der Waals surface area contributed by atoms with Crippen LogP contribution in [0.15, 0.2) is 35.7 Å². The molecule has 30 heavy (non-hydrogen) atoms. The van der Waals surface area contributed by atoms with Crippen LogP contribution in [0, 0.1) is 0 Å². The second kappa shape index (κ2) is 10.1. The molecule has 4 atom stereocenters. The number of nitrogens with one attached hydrogen (secondary N) is 2. The van der Waals surface area contributed by atoms with Crippen LogP contribution in [-0.2, 0) is 14.1 Å². The average molecular weight is 435 g/mol. The van der Waals surface area contributed by atoms with Crippen LogP contribution in [0.1, 0.15) is 23.9 Å². The van der Waals surface area contributed by atoms with E-state index >= 15 is 0 Å². The third-order valence-electron chi connectivity index (χ3n) is 4.41. The molecule has 3 heterocycles. The van der Waals surface area contributed by atoms with Gasteiger partial charge in [0.15, 0.2) is 6.16 Å². The van der Waals surface area contributed by atoms with Gasteiger partial charge in [-0.3, -0.25) is 9.36 Å². The topological polar surface area (TPSA) is 165 Å². The number of ether oxygens (including phenoxy) is 1. The molecule has 5 N–H and O–H groups in total. The van der Waals surface area contributed by atoms with E-state index in [0.29, 0.717) is 11.3 Å². The van der Waals surface area contributed by atoms with Crippen LogP contribution in [0.4, 0.5) is 5.82 Å². The zero-order valence-corrected chi connectivity index (χ0v) is 16.7. The number of amides is 1. The lowest BCUT2D eigenvalue weighted by molar-refractivity contribution is -0.116. The Hall–Kier alpha value is -3.14. The van der Waals surface area contributed by atoms with Gasteiger partial charge in [0.25, 0.3) is 0 Å². The van der Waals surface area contributed by atoms with Gasteiger partial charge in [0.2, 0.25) is 5.91 Å². The summed E-state index contributed by atoms with van der Waals surface area (Å²) in [5.41, 5.74) is 6.29. The van der Waals surface area contributed by atoms with Gasteiger partial charge in [-0.15, -0.1) is 0 Å². The Morgan fingerprint density at radius 2 is 2.40 bits per heavy atom. The maximum absolute atomic E-state index is 12.2. The van der Waals surface area contributed by atoms with Crippen LogP contribution < -0.4 is 16.7 Å². The largest absolute Gasteiger partial charge is 0.390 e. The Balaban J connectivity index is 1.62. The highest BCUT2D eigenvalue weighted by molar-refractivity contribution is 7.23. The van der Waals surface area contributed by atoms with Crippen LogP contribution in [0.2, 0.25) is 0 Å². The molecule has 2 aromatic rings. The van der Waals surface area contributed by atoms with Crippen molar-refractivity contribution in [3.05, 3.63) is 52.6 Å². The molecular formula is C18H22N6O5P+. The van der Waals surface area contributed by atoms with Gasteiger partial charge in [-0.1, -0.05) is 16.7 Å². The van der Waals surface area contributed by atoms with Crippen molar-refractivity contribution in [2.45, 2.75) is 24.9 Å². The molecule has 1 aliphatic heterocycles. The van der Waals surface area contributed by atoms with E-state index < -0.39 is 32.5 Å². The maximum Gasteiger partial charge on any atom is 0.388 e. The number of aliphatic hydroxyl groups excluding tert-OH is 1. The number of rotatable bonds is 8. The predicted molar refractivity (Wildman–Crippen MR) is 111 cm³/mol. The van der Waals surface area contributed by atoms with E-state index in [0.717, 1.165) is 0 Å². The van der Waals surface area contributed by atoms with E-state index in [-0.39, 0.29) is 30.9 Å². The highest BCUT2D eigenvalue weighted by atomic mass is 31.1. The van der Waals surface area contributed by atoms with Gasteiger partial charge in [0.05, 0.1) is 24.3 Å². The number of nitrogens with two attached hydrogens (primary N) is 1. The lowest BCUT2D eigenvalue weighted by Gasteiger charge is -2.14. The first kappa shape index (κ1) is 20.1. The molecule has 0 radical (unpaired) electrons. The number of hydrogen-bond acceptors (Lipinski definition) is 8. The molecule has 3 rings (SSSR count). The van der Waals surface area contributed by atoms with Crippen molar-refractivity contribution in [3.8, 4) is 0 Å². The van der Waals surface area contributed by atoms with Gasteiger partial charge in [-0.25, -0.2) is 9.78 Å². The number of aliphatic hydroxyl groups is 1. The van der Waals surface area contributed by atoms with Gasteiger partial charge >= 0.3 is 15.4 Å². The lowest BCUT2D eigenvalue weighted by atomic mass is 10.2. The van der Waals surface area contributed by atoms with E-state index in [4.69, 9.17) is 11.7 Å². The average Bonchev–Trinajstić information content (AvgIpc) is 3.35. The molecule has 0 bridgehead atoms. The molecule has 2 aromatic heterocycles. The third-order valence-corrected chi connectivity index (χ3v) is 4.91. The second-order valence-corrected chi connectivity index (χ2v) is 7.13. The summed E-state index contributed by atoms with van der Waals surface area (Å²) in [6.07, 6.45) is 8.16. The summed E-state index contributed by atoms with van der Waals surface area (Å²) in [5, 5.41) is 12.7. The molecule has 0 saturated carbocycles. The monoisotopic (exact) mass is 435 g/mol. The van der Waals surface area contributed by atoms with Crippen molar-refractivity contribution in [3.63, 3.8) is 0 Å². The molecule has 12 heteroatoms. The van der Waals surface area contributed by atoms with E-state index in [1.807, 2.05) is 0 Å². The normalized spacial score (nSPS) is 22.5. The summed E-state index contributed by atoms with van der Waals surface area (Å²) in [5.74, 6) is -0.297. The van der Waals surface area contributed by atoms with Crippen LogP contribution in [-0.4, -0.2) is 56.7 Å². The minimum Gasteiger partial charge on any atom is -0.390 e. The molecule has 1 saturated heterocycles. The van der Waals surface area contributed by atoms with Crippen molar-refractivity contribution in [1.82, 2.24) is 24.8 Å². The molecule has 0 spiro atoms. The fourth-order valence-corrected chi connectivity index (χ4v) is 3.36. The van der Waals surface area contributed by atoms with Crippen molar-refractivity contribution < 1.29 is 19.2 Å². The van der Waals surface area contributed by atoms with E-state index in [9.17, 15) is 19.3 Å². The summed E-state index contributed by atoms with van der Waals surface area (Å²) in [7, 11) is -2.24. The first-order valence-corrected chi connectivity index (χ1v) is 10.1. The number of aromatic amines is 1. The number of anilines is 1. The van der Waals surface area contributed by atoms with Crippen LogP contribution >= 0.6 is 8.41 Å². The summed E-state index contributed by atoms with van der Waals surface area (Å²) >= 11 is 0. The first-order valence-electron chi connectivity index (χ1n) is 9.54. The number of H-pyrrole nitrogens is 1. The number of nitrogen functional groups attached to an aromatic ring is 1. The Labute approximate surface area is 174 Å². The fourth-order valence-electron chi connectivity index (χ4n) is 2.88. The first-order chi connectivity index (χ1) is 14.8. The summed E-state index contributed by atoms with van der Waals surface area (Å²) in [4.78, 5) is 34.5. The molecule has 4 unspecified atom stereocenters. The number of aromatic nitrogens is 4. The zero-order valence-electron chi connectivity index (χ0n) is 16.8. The van der Waals surface area contributed by atoms with Gasteiger partial charge < -0.3 is 25.9 Å². The molecular weight excluding hydrogens is 411 g/mol. The van der Waals surface area contributed by atoms with Gasteiger partial charge in [-0.2, -0.15) is 4.98 Å². The Morgan fingerprint density at radius 3 is 3.13 bits per heavy atom. The van der Waals surface area contributed by atoms with Crippen molar-refractivity contribution in [2.75, 3.05) is 18.4 Å². The van der Waals surface area contributed by atoms with Gasteiger partial charge in [-0.05, 0) is 6.08 Å². The standard InChI is InChI=1S/C18H21N6O5P/c19-17-11(2-1-5-21-15(26)4-3-12-7-20-10-22-12)8-24(18(27)23-17)16-6-13(25)14(29-16)9-30-28/h1-4,7-8,10,13-14,16,25H,5-6,9H2,(H,20,22)(H,21,26)(H2,19,23,27)/p+1/i/hT. The minimum atomic E-state index is -2.24. The number of nitrogens with zero attached hydrogens (tertiary/aromatic N) is 3. The summed E-state index contributed by atoms with van der Waals surface area (Å²) in [6.45, 7) is 0.210. The quantitative estimate of drug-likeness (QED) is 0.334. The molecule has 1 aliphatic rings. The predicted octanol–water partition coefficient (Wildman–Crippen LogP) is 0.0638. The summed E-state index contributed by atoms with van der Waals surface area (Å²) < 4.78 is 25.1. The molecule has 0 aliphatic carbocycles. The van der Waals surface area contributed by atoms with Crippen LogP contribution in [0.25, 0.3) is 12.2 Å². The second-order valence-electron chi connectivity index (χ2n) is 6.50. The highest BCUT2D eigenvalue weighted by Crippen LogP contribution is 2.29. The lowest BCUT2D eigenvalue weighted by Crippen LogP contribution is -2.28. The van der Waals surface area contributed by atoms with E-state index in [1.54, 1.807) is 24.4 Å². The number of carbonyl (C=O) groups excluding carboxylic acids is 1. The SMILES string of the molecule is [3H][P+](=O)CC1OC(n2cc(C=CCNC(=O)C=Cc3cnc[nH]3)c(N)nc2=O)CC1O. The maximum atomic E-state index is 12.2. The molecule has 158 valence electrons. The fraction of sp³-hybridized carbons (Fsp3) is 0.333. The van der Waals surface area contributed by atoms with Crippen LogP contribution in [0.3, 0.4) is 0 Å². The Kier molecular flexibility index (Phi) is 6.75. The smallest absolute Gasteiger partial charge is 0.388 e. The van der Waals surface area contributed by atoms with Crippen LogP contribution in [0.5, 0.6) is 0 Å². The minimum absolute atomic E-state index is 0.00676. The molecule has 11 nitrogen and oxygen atoms in total. The van der Waals surface area contributed by atoms with Gasteiger partial charge in [0.1, 0.15) is 18.1 Å². The number of hydrogen-bond donors (Lipinski definition) is 4. The number of carbonyl (C=O) groups is 1. The van der Waals surface area contributed by atoms with E-state index in [1.165, 1.54) is 23.2 Å². The van der Waals surface area contributed by atoms with Crippen molar-refractivity contribution >= 4 is 32.3 Å².